The molecular weight excluding hydrogens is 326 g/mol. The van der Waals surface area contributed by atoms with Crippen LogP contribution in [0.3, 0.4) is 0 Å². The molecule has 0 aliphatic rings. The van der Waals surface area contributed by atoms with Crippen LogP contribution in [0.1, 0.15) is 0 Å². The number of hydrogen-bond acceptors (Lipinski definition) is 3. The van der Waals surface area contributed by atoms with Crippen LogP contribution < -0.4 is 10.5 Å². The molecule has 0 aromatic heterocycles. The summed E-state index contributed by atoms with van der Waals surface area (Å²) < 4.78 is 39.8. The summed E-state index contributed by atoms with van der Waals surface area (Å²) in [5, 5.41) is -0.563. The van der Waals surface area contributed by atoms with Crippen LogP contribution in [0.25, 0.3) is 0 Å². The molecule has 0 bridgehead atoms. The van der Waals surface area contributed by atoms with Crippen molar-refractivity contribution in [3.8, 4) is 0 Å². The highest BCUT2D eigenvalue weighted by Gasteiger charge is 2.18. The number of rotatable bonds is 3. The largest absolute Gasteiger partial charge is 0.398 e. The van der Waals surface area contributed by atoms with E-state index >= 15 is 0 Å². The Labute approximate surface area is 125 Å². The van der Waals surface area contributed by atoms with Gasteiger partial charge >= 0.3 is 0 Å². The second-order valence-corrected chi connectivity index (χ2v) is 6.36. The third-order valence-electron chi connectivity index (χ3n) is 2.44. The fourth-order valence-electron chi connectivity index (χ4n) is 1.55. The summed E-state index contributed by atoms with van der Waals surface area (Å²) in [6.07, 6.45) is 0. The topological polar surface area (TPSA) is 72.2 Å². The normalized spacial score (nSPS) is 11.3. The lowest BCUT2D eigenvalue weighted by molar-refractivity contribution is 0.601. The first-order chi connectivity index (χ1) is 9.31. The summed E-state index contributed by atoms with van der Waals surface area (Å²) in [6.45, 7) is 0. The lowest BCUT2D eigenvalue weighted by atomic mass is 10.3. The minimum atomic E-state index is -3.91. The molecule has 8 heteroatoms. The first-order valence-electron chi connectivity index (χ1n) is 5.33. The molecule has 2 aromatic carbocycles. The summed E-state index contributed by atoms with van der Waals surface area (Å²) in [5.41, 5.74) is 5.76. The Hall–Kier alpha value is -1.50. The molecule has 106 valence electrons. The lowest BCUT2D eigenvalue weighted by Crippen LogP contribution is -2.14. The van der Waals surface area contributed by atoms with Gasteiger partial charge in [-0.1, -0.05) is 35.3 Å². The molecule has 0 heterocycles. The summed E-state index contributed by atoms with van der Waals surface area (Å²) in [5.74, 6) is -0.810. The second kappa shape index (κ2) is 5.47. The number of halogens is 3. The van der Waals surface area contributed by atoms with E-state index in [0.29, 0.717) is 0 Å². The van der Waals surface area contributed by atoms with Crippen LogP contribution in [0, 0.1) is 5.82 Å². The van der Waals surface area contributed by atoms with Gasteiger partial charge in [0.25, 0.3) is 10.0 Å². The van der Waals surface area contributed by atoms with E-state index < -0.39 is 15.8 Å². The zero-order valence-corrected chi connectivity index (χ0v) is 12.2. The molecule has 0 unspecified atom stereocenters. The van der Waals surface area contributed by atoms with Crippen LogP contribution in [-0.4, -0.2) is 8.42 Å². The molecule has 0 amide bonds. The molecule has 4 nitrogen and oxygen atoms in total. The van der Waals surface area contributed by atoms with Crippen molar-refractivity contribution in [2.45, 2.75) is 4.90 Å². The van der Waals surface area contributed by atoms with Crippen molar-refractivity contribution in [2.75, 3.05) is 10.5 Å². The Kier molecular flexibility index (Phi) is 4.08. The Bertz CT molecular complexity index is 743. The molecule has 0 atom stereocenters. The Morgan fingerprint density at radius 1 is 1.10 bits per heavy atom. The summed E-state index contributed by atoms with van der Waals surface area (Å²) in [7, 11) is -3.91. The van der Waals surface area contributed by atoms with Crippen molar-refractivity contribution in [3.05, 3.63) is 52.3 Å². The maximum absolute atomic E-state index is 13.3. The lowest BCUT2D eigenvalue weighted by Gasteiger charge is -2.11. The minimum Gasteiger partial charge on any atom is -0.398 e. The molecule has 0 radical (unpaired) electrons. The van der Waals surface area contributed by atoms with E-state index in [-0.39, 0.29) is 26.3 Å². The van der Waals surface area contributed by atoms with E-state index in [1.807, 2.05) is 0 Å². The van der Waals surface area contributed by atoms with Crippen LogP contribution in [0.5, 0.6) is 0 Å². The van der Waals surface area contributed by atoms with Gasteiger partial charge in [0.05, 0.1) is 21.4 Å². The Morgan fingerprint density at radius 2 is 1.65 bits per heavy atom. The number of nitrogens with one attached hydrogen (secondary N) is 1. The predicted octanol–water partition coefficient (Wildman–Crippen LogP) is 3.52. The van der Waals surface area contributed by atoms with Crippen molar-refractivity contribution in [1.29, 1.82) is 0 Å². The highest BCUT2D eigenvalue weighted by atomic mass is 35.5. The van der Waals surface area contributed by atoms with Gasteiger partial charge in [-0.2, -0.15) is 0 Å². The summed E-state index contributed by atoms with van der Waals surface area (Å²) >= 11 is 11.2. The molecule has 20 heavy (non-hydrogen) atoms. The zero-order valence-electron chi connectivity index (χ0n) is 9.90. The van der Waals surface area contributed by atoms with Crippen molar-refractivity contribution in [3.63, 3.8) is 0 Å². The first-order valence-corrected chi connectivity index (χ1v) is 7.57. The number of benzene rings is 2. The van der Waals surface area contributed by atoms with E-state index in [2.05, 4.69) is 4.72 Å². The molecule has 0 aliphatic heterocycles. The third-order valence-corrected chi connectivity index (χ3v) is 4.45. The van der Waals surface area contributed by atoms with E-state index in [0.717, 1.165) is 12.1 Å². The monoisotopic (exact) mass is 334 g/mol. The van der Waals surface area contributed by atoms with E-state index in [1.54, 1.807) is 6.07 Å². The quantitative estimate of drug-likeness (QED) is 0.666. The van der Waals surface area contributed by atoms with Crippen molar-refractivity contribution < 1.29 is 12.8 Å². The number of anilines is 2. The van der Waals surface area contributed by atoms with Gasteiger partial charge in [0.15, 0.2) is 5.82 Å². The molecule has 0 saturated carbocycles. The van der Waals surface area contributed by atoms with Crippen molar-refractivity contribution in [2.24, 2.45) is 0 Å². The van der Waals surface area contributed by atoms with Gasteiger partial charge in [-0.15, -0.1) is 0 Å². The second-order valence-electron chi connectivity index (χ2n) is 3.90. The highest BCUT2D eigenvalue weighted by molar-refractivity contribution is 7.92. The molecular formula is C12H9Cl2FN2O2S. The fraction of sp³-hybridized carbons (Fsp3) is 0. The van der Waals surface area contributed by atoms with Gasteiger partial charge < -0.3 is 5.73 Å². The van der Waals surface area contributed by atoms with Crippen molar-refractivity contribution >= 4 is 44.6 Å². The minimum absolute atomic E-state index is 0.0460. The van der Waals surface area contributed by atoms with Crippen LogP contribution in [0.15, 0.2) is 41.3 Å². The van der Waals surface area contributed by atoms with Gasteiger partial charge in [0.2, 0.25) is 0 Å². The van der Waals surface area contributed by atoms with Crippen LogP contribution in [-0.2, 0) is 10.0 Å². The third kappa shape index (κ3) is 2.98. The summed E-state index contributed by atoms with van der Waals surface area (Å²) in [4.78, 5) is -0.0865. The molecule has 0 aliphatic carbocycles. The molecule has 3 N–H and O–H groups in total. The van der Waals surface area contributed by atoms with Gasteiger partial charge in [-0.25, -0.2) is 12.8 Å². The number of para-hydroxylation sites is 1. The molecule has 0 fully saturated rings. The Balaban J connectivity index is 2.42. The van der Waals surface area contributed by atoms with E-state index in [1.165, 1.54) is 18.2 Å². The average molecular weight is 335 g/mol. The maximum atomic E-state index is 13.3. The zero-order chi connectivity index (χ0) is 14.9. The maximum Gasteiger partial charge on any atom is 0.263 e. The van der Waals surface area contributed by atoms with Gasteiger partial charge in [0, 0.05) is 0 Å². The molecule has 0 saturated heterocycles. The standard InChI is InChI=1S/C12H9Cl2FN2O2S/c13-8-5-7(6-9(14)12(8)15)17-20(18,19)11-4-2-1-3-10(11)16/h1-6,17H,16H2. The van der Waals surface area contributed by atoms with Gasteiger partial charge in [0.1, 0.15) is 4.90 Å². The number of nitrogens with two attached hydrogens (primary N) is 1. The van der Waals surface area contributed by atoms with E-state index in [9.17, 15) is 12.8 Å². The molecule has 0 spiro atoms. The average Bonchev–Trinajstić information content (AvgIpc) is 2.35. The van der Waals surface area contributed by atoms with Crippen LogP contribution in [0.2, 0.25) is 10.0 Å². The van der Waals surface area contributed by atoms with Crippen LogP contribution >= 0.6 is 23.2 Å². The number of nitrogen functional groups attached to an aromatic ring is 1. The van der Waals surface area contributed by atoms with Gasteiger partial charge in [-0.3, -0.25) is 4.72 Å². The number of sulfonamides is 1. The van der Waals surface area contributed by atoms with Crippen molar-refractivity contribution in [1.82, 2.24) is 0 Å². The Morgan fingerprint density at radius 3 is 2.20 bits per heavy atom. The SMILES string of the molecule is Nc1ccccc1S(=O)(=O)Nc1cc(Cl)c(F)c(Cl)c1. The molecule has 2 rings (SSSR count). The number of hydrogen-bond donors (Lipinski definition) is 2. The smallest absolute Gasteiger partial charge is 0.263 e. The summed E-state index contributed by atoms with van der Waals surface area (Å²) in [6, 6.07) is 8.21. The first kappa shape index (κ1) is 14.9. The molecule has 2 aromatic rings. The predicted molar refractivity (Wildman–Crippen MR) is 78.1 cm³/mol. The van der Waals surface area contributed by atoms with Gasteiger partial charge in [-0.05, 0) is 24.3 Å². The van der Waals surface area contributed by atoms with E-state index in [4.69, 9.17) is 28.9 Å². The fourth-order valence-corrected chi connectivity index (χ4v) is 3.21. The van der Waals surface area contributed by atoms with Crippen LogP contribution in [0.4, 0.5) is 15.8 Å². The highest BCUT2D eigenvalue weighted by Crippen LogP contribution is 2.29.